The molecule has 0 aliphatic carbocycles. The van der Waals surface area contributed by atoms with Gasteiger partial charge >= 0.3 is 5.63 Å². The predicted octanol–water partition coefficient (Wildman–Crippen LogP) is 4.71. The van der Waals surface area contributed by atoms with Crippen LogP contribution in [0.2, 0.25) is 0 Å². The Labute approximate surface area is 123 Å². The van der Waals surface area contributed by atoms with Crippen molar-refractivity contribution in [3.8, 4) is 0 Å². The highest BCUT2D eigenvalue weighted by molar-refractivity contribution is 5.96. The number of furan rings is 1. The average Bonchev–Trinajstić information content (AvgIpc) is 2.80. The van der Waals surface area contributed by atoms with Crippen LogP contribution in [-0.2, 0) is 11.8 Å². The fraction of sp³-hybridized carbons (Fsp3) is 0.389. The van der Waals surface area contributed by atoms with E-state index in [-0.39, 0.29) is 11.0 Å². The molecular formula is C18H20O3. The van der Waals surface area contributed by atoms with E-state index in [1.807, 2.05) is 19.9 Å². The van der Waals surface area contributed by atoms with Crippen LogP contribution in [0.25, 0.3) is 21.9 Å². The normalized spacial score (nSPS) is 12.4. The summed E-state index contributed by atoms with van der Waals surface area (Å²) in [4.78, 5) is 12.0. The van der Waals surface area contributed by atoms with Gasteiger partial charge in [-0.1, -0.05) is 27.7 Å². The van der Waals surface area contributed by atoms with E-state index in [4.69, 9.17) is 8.83 Å². The Hall–Kier alpha value is -2.03. The molecule has 21 heavy (non-hydrogen) atoms. The van der Waals surface area contributed by atoms with Crippen molar-refractivity contribution in [2.75, 3.05) is 0 Å². The van der Waals surface area contributed by atoms with Crippen molar-refractivity contribution < 1.29 is 8.83 Å². The first-order chi connectivity index (χ1) is 9.82. The minimum atomic E-state index is -0.246. The molecule has 0 N–H and O–H groups in total. The van der Waals surface area contributed by atoms with Crippen LogP contribution < -0.4 is 5.63 Å². The summed E-state index contributed by atoms with van der Waals surface area (Å²) in [5.74, 6) is 0. The molecular weight excluding hydrogens is 264 g/mol. The van der Waals surface area contributed by atoms with E-state index in [1.165, 1.54) is 5.56 Å². The fourth-order valence-corrected chi connectivity index (χ4v) is 2.90. The van der Waals surface area contributed by atoms with E-state index in [9.17, 15) is 4.79 Å². The predicted molar refractivity (Wildman–Crippen MR) is 85.1 cm³/mol. The van der Waals surface area contributed by atoms with E-state index >= 15 is 0 Å². The second-order valence-electron chi connectivity index (χ2n) is 6.59. The van der Waals surface area contributed by atoms with Gasteiger partial charge in [0, 0.05) is 28.0 Å². The van der Waals surface area contributed by atoms with Crippen molar-refractivity contribution in [3.63, 3.8) is 0 Å². The van der Waals surface area contributed by atoms with Crippen LogP contribution in [0.3, 0.4) is 0 Å². The molecule has 0 saturated carbocycles. The number of hydrogen-bond donors (Lipinski definition) is 0. The van der Waals surface area contributed by atoms with Gasteiger partial charge < -0.3 is 8.83 Å². The topological polar surface area (TPSA) is 43.4 Å². The monoisotopic (exact) mass is 284 g/mol. The molecule has 3 rings (SSSR count). The van der Waals surface area contributed by atoms with Crippen LogP contribution in [0.15, 0.2) is 32.0 Å². The van der Waals surface area contributed by atoms with Crippen molar-refractivity contribution in [3.05, 3.63) is 45.5 Å². The Balaban J connectivity index is 2.44. The third-order valence-electron chi connectivity index (χ3n) is 4.14. The van der Waals surface area contributed by atoms with E-state index in [0.717, 1.165) is 27.5 Å². The molecule has 110 valence electrons. The summed E-state index contributed by atoms with van der Waals surface area (Å²) >= 11 is 0. The van der Waals surface area contributed by atoms with Crippen molar-refractivity contribution in [2.45, 2.75) is 46.5 Å². The lowest BCUT2D eigenvalue weighted by atomic mass is 9.86. The van der Waals surface area contributed by atoms with Gasteiger partial charge in [0.05, 0.1) is 6.26 Å². The minimum Gasteiger partial charge on any atom is -0.464 e. The molecule has 3 heteroatoms. The Morgan fingerprint density at radius 1 is 1.10 bits per heavy atom. The van der Waals surface area contributed by atoms with Gasteiger partial charge in [-0.15, -0.1) is 0 Å². The van der Waals surface area contributed by atoms with Crippen LogP contribution in [0.4, 0.5) is 0 Å². The summed E-state index contributed by atoms with van der Waals surface area (Å²) in [6, 6.07) is 3.92. The van der Waals surface area contributed by atoms with Crippen molar-refractivity contribution in [1.29, 1.82) is 0 Å². The van der Waals surface area contributed by atoms with E-state index in [2.05, 4.69) is 26.8 Å². The summed E-state index contributed by atoms with van der Waals surface area (Å²) in [6.07, 6.45) is 2.48. The molecule has 0 saturated heterocycles. The van der Waals surface area contributed by atoms with Crippen molar-refractivity contribution in [1.82, 2.24) is 0 Å². The zero-order chi connectivity index (χ0) is 15.4. The van der Waals surface area contributed by atoms with Gasteiger partial charge in [-0.05, 0) is 30.4 Å². The lowest BCUT2D eigenvalue weighted by Gasteiger charge is -2.16. The van der Waals surface area contributed by atoms with Crippen LogP contribution in [0, 0.1) is 6.92 Å². The van der Waals surface area contributed by atoms with Gasteiger partial charge in [-0.2, -0.15) is 0 Å². The molecule has 0 amide bonds. The van der Waals surface area contributed by atoms with Gasteiger partial charge in [0.2, 0.25) is 0 Å². The average molecular weight is 284 g/mol. The number of rotatable bonds is 1. The minimum absolute atomic E-state index is 0.00996. The molecule has 0 spiro atoms. The zero-order valence-electron chi connectivity index (χ0n) is 13.2. The van der Waals surface area contributed by atoms with Crippen molar-refractivity contribution in [2.24, 2.45) is 0 Å². The zero-order valence-corrected chi connectivity index (χ0v) is 13.2. The highest BCUT2D eigenvalue weighted by atomic mass is 16.4. The highest BCUT2D eigenvalue weighted by Gasteiger charge is 2.21. The molecule has 0 bridgehead atoms. The van der Waals surface area contributed by atoms with Crippen LogP contribution in [0.1, 0.15) is 44.4 Å². The van der Waals surface area contributed by atoms with Gasteiger partial charge in [-0.25, -0.2) is 4.79 Å². The van der Waals surface area contributed by atoms with Gasteiger partial charge in [-0.3, -0.25) is 0 Å². The largest absolute Gasteiger partial charge is 0.464 e. The maximum Gasteiger partial charge on any atom is 0.339 e. The summed E-state index contributed by atoms with van der Waals surface area (Å²) in [5, 5.41) is 2.08. The Bertz CT molecular complexity index is 889. The Morgan fingerprint density at radius 3 is 2.43 bits per heavy atom. The van der Waals surface area contributed by atoms with E-state index < -0.39 is 0 Å². The van der Waals surface area contributed by atoms with Crippen LogP contribution in [0.5, 0.6) is 0 Å². The second kappa shape index (κ2) is 4.48. The van der Waals surface area contributed by atoms with Crippen molar-refractivity contribution >= 4 is 21.9 Å². The Kier molecular flexibility index (Phi) is 2.97. The number of hydrogen-bond acceptors (Lipinski definition) is 3. The van der Waals surface area contributed by atoms with E-state index in [1.54, 1.807) is 6.26 Å². The molecule has 3 aromatic rings. The third-order valence-corrected chi connectivity index (χ3v) is 4.14. The molecule has 3 nitrogen and oxygen atoms in total. The lowest BCUT2D eigenvalue weighted by Crippen LogP contribution is -2.10. The molecule has 2 heterocycles. The first-order valence-corrected chi connectivity index (χ1v) is 7.31. The second-order valence-corrected chi connectivity index (χ2v) is 6.59. The molecule has 0 aliphatic rings. The molecule has 1 aromatic carbocycles. The number of aryl methyl sites for hydroxylation is 1. The Morgan fingerprint density at radius 2 is 1.81 bits per heavy atom. The maximum atomic E-state index is 12.0. The molecule has 0 radical (unpaired) electrons. The van der Waals surface area contributed by atoms with Crippen LogP contribution in [-0.4, -0.2) is 0 Å². The lowest BCUT2D eigenvalue weighted by molar-refractivity contribution is 0.546. The number of benzene rings is 1. The quantitative estimate of drug-likeness (QED) is 0.608. The van der Waals surface area contributed by atoms with Gasteiger partial charge in [0.1, 0.15) is 11.2 Å². The summed E-state index contributed by atoms with van der Waals surface area (Å²) in [7, 11) is 0. The molecule has 0 aliphatic heterocycles. The molecule has 0 unspecified atom stereocenters. The van der Waals surface area contributed by atoms with E-state index in [0.29, 0.717) is 12.0 Å². The van der Waals surface area contributed by atoms with Gasteiger partial charge in [0.25, 0.3) is 0 Å². The first kappa shape index (κ1) is 13.9. The standard InChI is InChI=1S/C18H20O3/c1-6-11-10(2)12-7-13-14(18(3,4)5)9-20-15(13)8-16(12)21-17(11)19/h7-9H,6H2,1-5H3. The summed E-state index contributed by atoms with van der Waals surface area (Å²) in [5.41, 5.74) is 4.05. The molecule has 2 aromatic heterocycles. The van der Waals surface area contributed by atoms with Crippen LogP contribution >= 0.6 is 0 Å². The summed E-state index contributed by atoms with van der Waals surface area (Å²) in [6.45, 7) is 10.5. The summed E-state index contributed by atoms with van der Waals surface area (Å²) < 4.78 is 11.1. The molecule has 0 fully saturated rings. The smallest absolute Gasteiger partial charge is 0.339 e. The SMILES string of the molecule is CCc1c(C)c2cc3c(C(C)(C)C)coc3cc2oc1=O. The van der Waals surface area contributed by atoms with Gasteiger partial charge in [0.15, 0.2) is 0 Å². The maximum absolute atomic E-state index is 12.0. The number of fused-ring (bicyclic) bond motifs is 2. The fourth-order valence-electron chi connectivity index (χ4n) is 2.90. The third kappa shape index (κ3) is 2.08. The highest BCUT2D eigenvalue weighted by Crippen LogP contribution is 2.34. The first-order valence-electron chi connectivity index (χ1n) is 7.31. The molecule has 0 atom stereocenters.